The summed E-state index contributed by atoms with van der Waals surface area (Å²) in [5, 5.41) is 2.30. The van der Waals surface area contributed by atoms with E-state index in [9.17, 15) is 4.79 Å². The van der Waals surface area contributed by atoms with Crippen LogP contribution >= 0.6 is 0 Å². The van der Waals surface area contributed by atoms with Crippen molar-refractivity contribution >= 4 is 16.6 Å². The van der Waals surface area contributed by atoms with Crippen LogP contribution in [0.5, 0.6) is 0 Å². The number of ketones is 1. The molecule has 0 aliphatic rings. The van der Waals surface area contributed by atoms with Gasteiger partial charge in [-0.1, -0.05) is 36.9 Å². The quantitative estimate of drug-likeness (QED) is 0.542. The van der Waals surface area contributed by atoms with Crippen molar-refractivity contribution in [2.24, 2.45) is 0 Å². The van der Waals surface area contributed by atoms with Gasteiger partial charge in [0.05, 0.1) is 0 Å². The number of aryl methyl sites for hydroxylation is 1. The van der Waals surface area contributed by atoms with Gasteiger partial charge in [0.2, 0.25) is 0 Å². The van der Waals surface area contributed by atoms with E-state index in [-0.39, 0.29) is 5.78 Å². The molecule has 1 heteroatoms. The maximum Gasteiger partial charge on any atom is 0.188 e. The van der Waals surface area contributed by atoms with E-state index >= 15 is 0 Å². The molecule has 0 unspecified atom stereocenters. The van der Waals surface area contributed by atoms with Crippen molar-refractivity contribution in [3.8, 4) is 0 Å². The molecule has 2 aromatic rings. The highest BCUT2D eigenvalue weighted by atomic mass is 16.1. The Morgan fingerprint density at radius 2 is 1.94 bits per heavy atom. The van der Waals surface area contributed by atoms with Gasteiger partial charge < -0.3 is 0 Å². The Bertz CT molecular complexity index is 579. The SMILES string of the molecule is C=C(C)C(=O)c1ccc2c(C)cccc2c1. The predicted molar refractivity (Wildman–Crippen MR) is 67.8 cm³/mol. The largest absolute Gasteiger partial charge is 0.289 e. The topological polar surface area (TPSA) is 17.1 Å². The van der Waals surface area contributed by atoms with Gasteiger partial charge in [0.1, 0.15) is 0 Å². The summed E-state index contributed by atoms with van der Waals surface area (Å²) in [5.74, 6) is 0.0170. The standard InChI is InChI=1S/C15H14O/c1-10(2)15(16)13-7-8-14-11(3)5-4-6-12(14)9-13/h4-9H,1H2,2-3H3. The van der Waals surface area contributed by atoms with Crippen LogP contribution in [0.1, 0.15) is 22.8 Å². The Hall–Kier alpha value is -1.89. The molecule has 0 radical (unpaired) electrons. The first kappa shape index (κ1) is 10.6. The minimum atomic E-state index is 0.0170. The molecule has 2 rings (SSSR count). The number of carbonyl (C=O) groups is 1. The van der Waals surface area contributed by atoms with Gasteiger partial charge in [0, 0.05) is 5.56 Å². The van der Waals surface area contributed by atoms with Crippen molar-refractivity contribution in [1.29, 1.82) is 0 Å². The third kappa shape index (κ3) is 1.76. The number of hydrogen-bond donors (Lipinski definition) is 0. The lowest BCUT2D eigenvalue weighted by Crippen LogP contribution is -1.99. The predicted octanol–water partition coefficient (Wildman–Crippen LogP) is 3.91. The average Bonchev–Trinajstić information content (AvgIpc) is 2.28. The first-order valence-electron chi connectivity index (χ1n) is 5.29. The van der Waals surface area contributed by atoms with Gasteiger partial charge in [-0.15, -0.1) is 0 Å². The Balaban J connectivity index is 2.61. The summed E-state index contributed by atoms with van der Waals surface area (Å²) < 4.78 is 0. The van der Waals surface area contributed by atoms with E-state index in [0.29, 0.717) is 11.1 Å². The third-order valence-electron chi connectivity index (χ3n) is 2.75. The molecule has 0 bridgehead atoms. The molecular formula is C15H14O. The summed E-state index contributed by atoms with van der Waals surface area (Å²) in [4.78, 5) is 11.8. The zero-order chi connectivity index (χ0) is 11.7. The lowest BCUT2D eigenvalue weighted by atomic mass is 9.99. The van der Waals surface area contributed by atoms with Crippen molar-refractivity contribution < 1.29 is 4.79 Å². The molecule has 0 aliphatic carbocycles. The fraction of sp³-hybridized carbons (Fsp3) is 0.133. The molecule has 0 amide bonds. The minimum Gasteiger partial charge on any atom is -0.289 e. The summed E-state index contributed by atoms with van der Waals surface area (Å²) in [6, 6.07) is 11.9. The van der Waals surface area contributed by atoms with E-state index in [1.165, 1.54) is 10.9 Å². The molecule has 0 N–H and O–H groups in total. The zero-order valence-electron chi connectivity index (χ0n) is 9.58. The first-order chi connectivity index (χ1) is 7.59. The van der Waals surface area contributed by atoms with E-state index < -0.39 is 0 Å². The van der Waals surface area contributed by atoms with Crippen molar-refractivity contribution in [2.45, 2.75) is 13.8 Å². The van der Waals surface area contributed by atoms with E-state index in [1.54, 1.807) is 6.92 Å². The molecule has 0 atom stereocenters. The molecule has 0 saturated heterocycles. The Morgan fingerprint density at radius 1 is 1.19 bits per heavy atom. The molecule has 2 aromatic carbocycles. The molecule has 80 valence electrons. The lowest BCUT2D eigenvalue weighted by molar-refractivity contribution is 0.103. The van der Waals surface area contributed by atoms with E-state index in [1.807, 2.05) is 30.3 Å². The van der Waals surface area contributed by atoms with Gasteiger partial charge in [-0.05, 0) is 41.8 Å². The summed E-state index contributed by atoms with van der Waals surface area (Å²) >= 11 is 0. The maximum atomic E-state index is 11.8. The van der Waals surface area contributed by atoms with Crippen LogP contribution in [-0.4, -0.2) is 5.78 Å². The Morgan fingerprint density at radius 3 is 2.62 bits per heavy atom. The molecular weight excluding hydrogens is 196 g/mol. The first-order valence-corrected chi connectivity index (χ1v) is 5.29. The van der Waals surface area contributed by atoms with Crippen molar-refractivity contribution in [3.63, 3.8) is 0 Å². The highest BCUT2D eigenvalue weighted by Crippen LogP contribution is 2.20. The monoisotopic (exact) mass is 210 g/mol. The summed E-state index contributed by atoms with van der Waals surface area (Å²) in [7, 11) is 0. The number of hydrogen-bond acceptors (Lipinski definition) is 1. The minimum absolute atomic E-state index is 0.0170. The van der Waals surface area contributed by atoms with Crippen LogP contribution in [0.3, 0.4) is 0 Å². The normalized spacial score (nSPS) is 10.4. The molecule has 0 spiro atoms. The molecule has 0 aliphatic heterocycles. The highest BCUT2D eigenvalue weighted by molar-refractivity contribution is 6.09. The van der Waals surface area contributed by atoms with Gasteiger partial charge in [-0.2, -0.15) is 0 Å². The molecule has 1 nitrogen and oxygen atoms in total. The van der Waals surface area contributed by atoms with E-state index in [0.717, 1.165) is 5.39 Å². The fourth-order valence-corrected chi connectivity index (χ4v) is 1.83. The second-order valence-electron chi connectivity index (χ2n) is 4.12. The number of fused-ring (bicyclic) bond motifs is 1. The van der Waals surface area contributed by atoms with Crippen LogP contribution in [-0.2, 0) is 0 Å². The van der Waals surface area contributed by atoms with Gasteiger partial charge in [-0.25, -0.2) is 0 Å². The van der Waals surface area contributed by atoms with Crippen LogP contribution in [0.4, 0.5) is 0 Å². The fourth-order valence-electron chi connectivity index (χ4n) is 1.83. The maximum absolute atomic E-state index is 11.8. The molecule has 16 heavy (non-hydrogen) atoms. The number of Topliss-reactive ketones (excluding diaryl/α,β-unsaturated/α-hetero) is 1. The number of benzene rings is 2. The van der Waals surface area contributed by atoms with Crippen molar-refractivity contribution in [2.75, 3.05) is 0 Å². The van der Waals surface area contributed by atoms with Gasteiger partial charge in [-0.3, -0.25) is 4.79 Å². The van der Waals surface area contributed by atoms with Gasteiger partial charge >= 0.3 is 0 Å². The molecule has 0 fully saturated rings. The third-order valence-corrected chi connectivity index (χ3v) is 2.75. The van der Waals surface area contributed by atoms with E-state index in [2.05, 4.69) is 19.6 Å². The van der Waals surface area contributed by atoms with Crippen molar-refractivity contribution in [1.82, 2.24) is 0 Å². The van der Waals surface area contributed by atoms with Crippen LogP contribution in [0.25, 0.3) is 10.8 Å². The second kappa shape index (κ2) is 3.93. The zero-order valence-corrected chi connectivity index (χ0v) is 9.58. The van der Waals surface area contributed by atoms with Crippen LogP contribution in [0, 0.1) is 6.92 Å². The lowest BCUT2D eigenvalue weighted by Gasteiger charge is -2.04. The molecule has 0 heterocycles. The van der Waals surface area contributed by atoms with E-state index in [4.69, 9.17) is 0 Å². The van der Waals surface area contributed by atoms with Crippen molar-refractivity contribution in [3.05, 3.63) is 59.7 Å². The molecule has 0 saturated carbocycles. The van der Waals surface area contributed by atoms with Gasteiger partial charge in [0.25, 0.3) is 0 Å². The smallest absolute Gasteiger partial charge is 0.188 e. The van der Waals surface area contributed by atoms with Crippen LogP contribution in [0.15, 0.2) is 48.6 Å². The second-order valence-corrected chi connectivity index (χ2v) is 4.12. The number of rotatable bonds is 2. The van der Waals surface area contributed by atoms with Gasteiger partial charge in [0.15, 0.2) is 5.78 Å². The van der Waals surface area contributed by atoms with Crippen LogP contribution in [0.2, 0.25) is 0 Å². The van der Waals surface area contributed by atoms with Crippen LogP contribution < -0.4 is 0 Å². The summed E-state index contributed by atoms with van der Waals surface area (Å²) in [6.07, 6.45) is 0. The average molecular weight is 210 g/mol. The molecule has 0 aromatic heterocycles. The summed E-state index contributed by atoms with van der Waals surface area (Å²) in [5.41, 5.74) is 2.52. The highest BCUT2D eigenvalue weighted by Gasteiger charge is 2.07. The summed E-state index contributed by atoms with van der Waals surface area (Å²) in [6.45, 7) is 7.49. The number of allylic oxidation sites excluding steroid dienone is 1. The Kier molecular flexibility index (Phi) is 2.61. The Labute approximate surface area is 95.4 Å². The number of carbonyl (C=O) groups excluding carboxylic acids is 1.